The number of hydrogen-bond donors (Lipinski definition) is 2. The Morgan fingerprint density at radius 2 is 1.97 bits per heavy atom. The van der Waals surface area contributed by atoms with Gasteiger partial charge in [0.1, 0.15) is 23.3 Å². The highest BCUT2D eigenvalue weighted by Crippen LogP contribution is 2.35. The summed E-state index contributed by atoms with van der Waals surface area (Å²) in [5.41, 5.74) is 1.91. The molecule has 1 unspecified atom stereocenters. The molecule has 2 aromatic carbocycles. The van der Waals surface area contributed by atoms with Gasteiger partial charge in [0.15, 0.2) is 0 Å². The number of alkyl halides is 2. The molecule has 36 heavy (non-hydrogen) atoms. The van der Waals surface area contributed by atoms with Gasteiger partial charge in [-0.15, -0.1) is 0 Å². The van der Waals surface area contributed by atoms with Crippen LogP contribution in [0.15, 0.2) is 30.3 Å². The maximum absolute atomic E-state index is 13.1. The molecule has 0 spiro atoms. The van der Waals surface area contributed by atoms with Gasteiger partial charge in [-0.05, 0) is 42.7 Å². The van der Waals surface area contributed by atoms with Crippen molar-refractivity contribution in [3.8, 4) is 17.2 Å². The average Bonchev–Trinajstić information content (AvgIpc) is 3.15. The number of methoxy groups -OCH3 is 1. The second kappa shape index (κ2) is 10.2. The van der Waals surface area contributed by atoms with Crippen molar-refractivity contribution in [2.45, 2.75) is 45.5 Å². The van der Waals surface area contributed by atoms with Gasteiger partial charge in [0.2, 0.25) is 11.8 Å². The van der Waals surface area contributed by atoms with Crippen LogP contribution in [0.2, 0.25) is 0 Å². The molecule has 1 fully saturated rings. The topological polar surface area (TPSA) is 123 Å². The van der Waals surface area contributed by atoms with Crippen LogP contribution in [0.4, 0.5) is 13.6 Å². The van der Waals surface area contributed by atoms with E-state index in [1.165, 1.54) is 30.2 Å². The molecular formula is C24H23F2N3O7. The van der Waals surface area contributed by atoms with Crippen molar-refractivity contribution in [1.29, 1.82) is 0 Å². The Balaban J connectivity index is 1.44. The van der Waals surface area contributed by atoms with Crippen LogP contribution in [-0.4, -0.2) is 48.5 Å². The second-order valence-electron chi connectivity index (χ2n) is 8.27. The number of rotatable bonds is 7. The highest BCUT2D eigenvalue weighted by Gasteiger charge is 2.40. The third kappa shape index (κ3) is 5.21. The third-order valence-electron chi connectivity index (χ3n) is 5.92. The molecular weight excluding hydrogens is 480 g/mol. The third-order valence-corrected chi connectivity index (χ3v) is 5.92. The summed E-state index contributed by atoms with van der Waals surface area (Å²) in [6.45, 7) is -1.32. The minimum atomic E-state index is -3.02. The number of hydrogen-bond acceptors (Lipinski definition) is 7. The van der Waals surface area contributed by atoms with Crippen molar-refractivity contribution in [2.24, 2.45) is 0 Å². The molecule has 0 radical (unpaired) electrons. The SMILES string of the molecule is COc1cc(CNC(=O)Oc2ccc(C)c(OC(F)F)c2)cc2c1CN(C1CCC(=O)NC1=O)C2=O. The van der Waals surface area contributed by atoms with Gasteiger partial charge in [-0.3, -0.25) is 19.7 Å². The summed E-state index contributed by atoms with van der Waals surface area (Å²) in [5, 5.41) is 4.79. The van der Waals surface area contributed by atoms with Gasteiger partial charge in [-0.25, -0.2) is 4.79 Å². The van der Waals surface area contributed by atoms with Crippen molar-refractivity contribution < 1.29 is 42.2 Å². The number of aryl methyl sites for hydroxylation is 1. The Hall–Kier alpha value is -4.22. The molecule has 190 valence electrons. The molecule has 4 rings (SSSR count). The maximum atomic E-state index is 13.1. The fraction of sp³-hybridized carbons (Fsp3) is 0.333. The van der Waals surface area contributed by atoms with Crippen LogP contribution in [0.1, 0.15) is 39.9 Å². The van der Waals surface area contributed by atoms with Crippen LogP contribution in [0, 0.1) is 6.92 Å². The minimum Gasteiger partial charge on any atom is -0.496 e. The van der Waals surface area contributed by atoms with E-state index in [1.807, 2.05) is 0 Å². The largest absolute Gasteiger partial charge is 0.496 e. The fourth-order valence-electron chi connectivity index (χ4n) is 4.15. The van der Waals surface area contributed by atoms with Crippen LogP contribution >= 0.6 is 0 Å². The molecule has 12 heteroatoms. The van der Waals surface area contributed by atoms with Crippen molar-refractivity contribution in [3.63, 3.8) is 0 Å². The van der Waals surface area contributed by atoms with Crippen LogP contribution < -0.4 is 24.8 Å². The van der Waals surface area contributed by atoms with E-state index >= 15 is 0 Å². The number of nitrogens with one attached hydrogen (secondary N) is 2. The zero-order valence-electron chi connectivity index (χ0n) is 19.4. The molecule has 10 nitrogen and oxygen atoms in total. The summed E-state index contributed by atoms with van der Waals surface area (Å²) < 4.78 is 40.1. The van der Waals surface area contributed by atoms with Crippen molar-refractivity contribution in [2.75, 3.05) is 7.11 Å². The number of imide groups is 1. The first-order valence-electron chi connectivity index (χ1n) is 11.0. The number of fused-ring (bicyclic) bond motifs is 1. The Bertz CT molecular complexity index is 1230. The van der Waals surface area contributed by atoms with Gasteiger partial charge in [0, 0.05) is 30.2 Å². The summed E-state index contributed by atoms with van der Waals surface area (Å²) in [6.07, 6.45) is -0.477. The lowest BCUT2D eigenvalue weighted by molar-refractivity contribution is -0.136. The molecule has 0 bridgehead atoms. The lowest BCUT2D eigenvalue weighted by atomic mass is 10.0. The second-order valence-corrected chi connectivity index (χ2v) is 8.27. The lowest BCUT2D eigenvalue weighted by Gasteiger charge is -2.29. The predicted molar refractivity (Wildman–Crippen MR) is 120 cm³/mol. The highest BCUT2D eigenvalue weighted by atomic mass is 19.3. The van der Waals surface area contributed by atoms with E-state index < -0.39 is 24.7 Å². The first-order valence-corrected chi connectivity index (χ1v) is 11.0. The van der Waals surface area contributed by atoms with Crippen LogP contribution in [0.25, 0.3) is 0 Å². The van der Waals surface area contributed by atoms with E-state index in [0.717, 1.165) is 0 Å². The maximum Gasteiger partial charge on any atom is 0.412 e. The van der Waals surface area contributed by atoms with Gasteiger partial charge in [-0.2, -0.15) is 8.78 Å². The Morgan fingerprint density at radius 1 is 1.19 bits per heavy atom. The monoisotopic (exact) mass is 503 g/mol. The van der Waals surface area contributed by atoms with Crippen LogP contribution in [0.3, 0.4) is 0 Å². The molecule has 0 saturated carbocycles. The van der Waals surface area contributed by atoms with Crippen LogP contribution in [0.5, 0.6) is 17.2 Å². The van der Waals surface area contributed by atoms with Crippen molar-refractivity contribution in [3.05, 3.63) is 52.6 Å². The van der Waals surface area contributed by atoms with Gasteiger partial charge >= 0.3 is 12.7 Å². The summed E-state index contributed by atoms with van der Waals surface area (Å²) in [5.74, 6) is -0.967. The molecule has 2 aromatic rings. The average molecular weight is 503 g/mol. The number of halogens is 2. The number of benzene rings is 2. The van der Waals surface area contributed by atoms with Crippen LogP contribution in [-0.2, 0) is 22.7 Å². The van der Waals surface area contributed by atoms with E-state index in [2.05, 4.69) is 15.4 Å². The molecule has 2 N–H and O–H groups in total. The molecule has 0 aliphatic carbocycles. The molecule has 4 amide bonds. The minimum absolute atomic E-state index is 0.00958. The lowest BCUT2D eigenvalue weighted by Crippen LogP contribution is -2.52. The van der Waals surface area contributed by atoms with E-state index in [1.54, 1.807) is 19.1 Å². The standard InChI is InChI=1S/C24H23F2N3O7/c1-12-3-4-14(9-18(12)36-23(25)26)35-24(33)27-10-13-7-15-16(19(8-13)34-2)11-29(22(15)32)17-5-6-20(30)28-21(17)31/h3-4,7-9,17,23H,5-6,10-11H2,1-2H3,(H,27,33)(H,28,30,31). The Labute approximate surface area is 204 Å². The summed E-state index contributed by atoms with van der Waals surface area (Å²) >= 11 is 0. The number of carbonyl (C=O) groups is 4. The summed E-state index contributed by atoms with van der Waals surface area (Å²) in [6, 6.07) is 6.58. The predicted octanol–water partition coefficient (Wildman–Crippen LogP) is 2.65. The molecule has 2 heterocycles. The Morgan fingerprint density at radius 3 is 2.67 bits per heavy atom. The van der Waals surface area contributed by atoms with Gasteiger partial charge in [-0.1, -0.05) is 6.07 Å². The number of piperidine rings is 1. The quantitative estimate of drug-likeness (QED) is 0.557. The zero-order chi connectivity index (χ0) is 26.0. The molecule has 2 aliphatic rings. The fourth-order valence-corrected chi connectivity index (χ4v) is 4.15. The van der Waals surface area contributed by atoms with E-state index in [0.29, 0.717) is 28.0 Å². The highest BCUT2D eigenvalue weighted by molar-refractivity contribution is 6.05. The smallest absolute Gasteiger partial charge is 0.412 e. The van der Waals surface area contributed by atoms with Gasteiger partial charge < -0.3 is 24.4 Å². The molecule has 1 saturated heterocycles. The summed E-state index contributed by atoms with van der Waals surface area (Å²) in [7, 11) is 1.44. The normalized spacial score (nSPS) is 17.1. The zero-order valence-corrected chi connectivity index (χ0v) is 19.4. The number of nitrogens with zero attached hydrogens (tertiary/aromatic N) is 1. The first-order chi connectivity index (χ1) is 17.2. The summed E-state index contributed by atoms with van der Waals surface area (Å²) in [4.78, 5) is 50.5. The number of carbonyl (C=O) groups excluding carboxylic acids is 4. The molecule has 2 aliphatic heterocycles. The van der Waals surface area contributed by atoms with Crippen molar-refractivity contribution in [1.82, 2.24) is 15.5 Å². The van der Waals surface area contributed by atoms with Gasteiger partial charge in [0.25, 0.3) is 5.91 Å². The Kier molecular flexibility index (Phi) is 7.04. The van der Waals surface area contributed by atoms with E-state index in [4.69, 9.17) is 9.47 Å². The number of ether oxygens (including phenoxy) is 3. The number of amides is 4. The van der Waals surface area contributed by atoms with Crippen molar-refractivity contribution >= 4 is 23.8 Å². The molecule has 1 atom stereocenters. The van der Waals surface area contributed by atoms with E-state index in [9.17, 15) is 28.0 Å². The van der Waals surface area contributed by atoms with E-state index in [-0.39, 0.29) is 49.2 Å². The van der Waals surface area contributed by atoms with Gasteiger partial charge in [0.05, 0.1) is 13.7 Å². The first kappa shape index (κ1) is 24.9. The molecule has 0 aromatic heterocycles.